The number of rotatable bonds is 6. The summed E-state index contributed by atoms with van der Waals surface area (Å²) in [4.78, 5) is 46.7. The van der Waals surface area contributed by atoms with E-state index in [4.69, 9.17) is 4.74 Å². The van der Waals surface area contributed by atoms with Crippen LogP contribution in [0.5, 0.6) is 5.75 Å². The van der Waals surface area contributed by atoms with Gasteiger partial charge >= 0.3 is 0 Å². The quantitative estimate of drug-likeness (QED) is 0.270. The molecule has 0 bridgehead atoms. The zero-order valence-corrected chi connectivity index (χ0v) is 23.4. The lowest BCUT2D eigenvalue weighted by molar-refractivity contribution is -0.127. The Morgan fingerprint density at radius 1 is 0.833 bits per heavy atom. The molecule has 0 radical (unpaired) electrons. The number of ketones is 1. The number of methoxy groups -OCH3 is 1. The zero-order valence-electron chi connectivity index (χ0n) is 23.4. The van der Waals surface area contributed by atoms with Gasteiger partial charge in [-0.25, -0.2) is 0 Å². The number of hydrogen-bond acceptors (Lipinski definition) is 5. The Labute approximate surface area is 244 Å². The third-order valence-electron chi connectivity index (χ3n) is 9.28. The molecule has 3 aliphatic rings. The summed E-state index contributed by atoms with van der Waals surface area (Å²) in [5.74, 6) is -0.827. The molecule has 2 amide bonds. The third kappa shape index (κ3) is 3.73. The van der Waals surface area contributed by atoms with Crippen molar-refractivity contribution in [2.24, 2.45) is 5.92 Å². The summed E-state index contributed by atoms with van der Waals surface area (Å²) in [5.41, 5.74) is 2.64. The van der Waals surface area contributed by atoms with Crippen molar-refractivity contribution in [3.05, 3.63) is 126 Å². The molecular formula is C35H31N3O4. The summed E-state index contributed by atoms with van der Waals surface area (Å²) >= 11 is 0. The van der Waals surface area contributed by atoms with E-state index in [0.717, 1.165) is 22.5 Å². The van der Waals surface area contributed by atoms with Crippen molar-refractivity contribution >= 4 is 29.0 Å². The minimum absolute atomic E-state index is 0.0344. The highest BCUT2D eigenvalue weighted by Gasteiger charge is 2.68. The first-order valence-electron chi connectivity index (χ1n) is 14.2. The Bertz CT molecular complexity index is 1670. The highest BCUT2D eigenvalue weighted by molar-refractivity contribution is 6.13. The Morgan fingerprint density at radius 2 is 1.48 bits per heavy atom. The Balaban J connectivity index is 1.42. The van der Waals surface area contributed by atoms with Crippen LogP contribution in [0.25, 0.3) is 0 Å². The van der Waals surface area contributed by atoms with Crippen LogP contribution < -0.4 is 15.0 Å². The molecule has 210 valence electrons. The van der Waals surface area contributed by atoms with Crippen molar-refractivity contribution in [2.45, 2.75) is 23.4 Å². The van der Waals surface area contributed by atoms with Crippen molar-refractivity contribution in [3.63, 3.8) is 0 Å². The molecule has 4 aromatic rings. The molecule has 2 fully saturated rings. The highest BCUT2D eigenvalue weighted by atomic mass is 16.5. The molecule has 7 rings (SSSR count). The Hall–Kier alpha value is -4.75. The van der Waals surface area contributed by atoms with Crippen LogP contribution in [-0.2, 0) is 15.0 Å². The topological polar surface area (TPSA) is 79.0 Å². The van der Waals surface area contributed by atoms with Gasteiger partial charge in [-0.2, -0.15) is 0 Å². The molecule has 42 heavy (non-hydrogen) atoms. The number of amides is 2. The van der Waals surface area contributed by atoms with Crippen molar-refractivity contribution in [3.8, 4) is 5.75 Å². The standard InChI is InChI=1S/C35H31N3O4/c1-37-21-35(26-15-9-10-16-27(26)36-34(35)41)29(32(39)23-13-7-4-8-14-23)31(37)30-28(22-11-5-3-6-12-22)33(40)38(30)24-17-19-25(42-2)20-18-24/h3-20,28-31H,21H2,1-2H3,(H,36,41)/t28-,29-,30-,31-,35+/m0/s1. The summed E-state index contributed by atoms with van der Waals surface area (Å²) in [5, 5.41) is 3.08. The fourth-order valence-corrected chi connectivity index (χ4v) is 7.47. The maximum atomic E-state index is 14.7. The number of β-lactam (4-membered cyclic amide) rings is 1. The van der Waals surface area contributed by atoms with Gasteiger partial charge < -0.3 is 15.0 Å². The van der Waals surface area contributed by atoms with E-state index in [2.05, 4.69) is 10.2 Å². The number of likely N-dealkylation sites (tertiary alicyclic amines) is 1. The predicted octanol–water partition coefficient (Wildman–Crippen LogP) is 4.90. The van der Waals surface area contributed by atoms with Crippen LogP contribution in [0.2, 0.25) is 0 Å². The second-order valence-electron chi connectivity index (χ2n) is 11.4. The molecule has 7 nitrogen and oxygen atoms in total. The minimum atomic E-state index is -1.10. The number of fused-ring (bicyclic) bond motifs is 2. The first kappa shape index (κ1) is 26.2. The average molecular weight is 558 g/mol. The van der Waals surface area contributed by atoms with E-state index in [-0.39, 0.29) is 17.6 Å². The number of benzene rings is 4. The summed E-state index contributed by atoms with van der Waals surface area (Å²) in [6.07, 6.45) is 0. The number of carbonyl (C=O) groups excluding carboxylic acids is 3. The van der Waals surface area contributed by atoms with Crippen molar-refractivity contribution in [1.29, 1.82) is 0 Å². The second kappa shape index (κ2) is 9.96. The molecule has 1 N–H and O–H groups in total. The fourth-order valence-electron chi connectivity index (χ4n) is 7.47. The molecule has 3 aliphatic heterocycles. The van der Waals surface area contributed by atoms with E-state index in [9.17, 15) is 14.4 Å². The number of Topliss-reactive ketones (excluding diaryl/α,β-unsaturated/α-hetero) is 1. The molecule has 1 spiro atoms. The molecule has 0 saturated carbocycles. The first-order chi connectivity index (χ1) is 20.5. The van der Waals surface area contributed by atoms with Gasteiger partial charge in [0.25, 0.3) is 0 Å². The van der Waals surface area contributed by atoms with Gasteiger partial charge in [0, 0.05) is 29.5 Å². The number of ether oxygens (including phenoxy) is 1. The van der Waals surface area contributed by atoms with E-state index in [0.29, 0.717) is 17.9 Å². The molecule has 3 heterocycles. The van der Waals surface area contributed by atoms with Crippen LogP contribution in [-0.4, -0.2) is 55.3 Å². The van der Waals surface area contributed by atoms with Crippen molar-refractivity contribution < 1.29 is 19.1 Å². The third-order valence-corrected chi connectivity index (χ3v) is 9.28. The first-order valence-corrected chi connectivity index (χ1v) is 14.2. The van der Waals surface area contributed by atoms with Gasteiger partial charge in [-0.1, -0.05) is 78.9 Å². The zero-order chi connectivity index (χ0) is 29.0. The highest BCUT2D eigenvalue weighted by Crippen LogP contribution is 2.55. The molecule has 0 aliphatic carbocycles. The van der Waals surface area contributed by atoms with E-state index in [1.54, 1.807) is 12.0 Å². The Kier molecular flexibility index (Phi) is 6.21. The van der Waals surface area contributed by atoms with Crippen LogP contribution in [0.4, 0.5) is 11.4 Å². The van der Waals surface area contributed by atoms with Crippen LogP contribution in [0.1, 0.15) is 27.4 Å². The summed E-state index contributed by atoms with van der Waals surface area (Å²) in [7, 11) is 3.57. The van der Waals surface area contributed by atoms with Crippen LogP contribution in [0.3, 0.4) is 0 Å². The molecule has 0 unspecified atom stereocenters. The van der Waals surface area contributed by atoms with Crippen LogP contribution in [0.15, 0.2) is 109 Å². The van der Waals surface area contributed by atoms with Gasteiger partial charge in [0.15, 0.2) is 5.78 Å². The number of carbonyl (C=O) groups is 3. The largest absolute Gasteiger partial charge is 0.497 e. The lowest BCUT2D eigenvalue weighted by atomic mass is 9.64. The molecule has 2 saturated heterocycles. The average Bonchev–Trinajstić information content (AvgIpc) is 3.48. The van der Waals surface area contributed by atoms with E-state index in [1.807, 2.05) is 116 Å². The van der Waals surface area contributed by atoms with E-state index < -0.39 is 29.3 Å². The number of nitrogens with zero attached hydrogens (tertiary/aromatic N) is 2. The van der Waals surface area contributed by atoms with Crippen LogP contribution in [0, 0.1) is 5.92 Å². The van der Waals surface area contributed by atoms with E-state index in [1.165, 1.54) is 0 Å². The van der Waals surface area contributed by atoms with Crippen LogP contribution >= 0.6 is 0 Å². The van der Waals surface area contributed by atoms with Gasteiger partial charge in [-0.15, -0.1) is 0 Å². The molecular weight excluding hydrogens is 526 g/mol. The lowest BCUT2D eigenvalue weighted by Gasteiger charge is -2.52. The minimum Gasteiger partial charge on any atom is -0.497 e. The number of anilines is 2. The number of likely N-dealkylation sites (N-methyl/N-ethyl adjacent to an activating group) is 1. The molecule has 5 atom stereocenters. The van der Waals surface area contributed by atoms with Crippen molar-refractivity contribution in [1.82, 2.24) is 4.90 Å². The number of nitrogens with one attached hydrogen (secondary N) is 1. The van der Waals surface area contributed by atoms with Gasteiger partial charge in [0.1, 0.15) is 11.2 Å². The lowest BCUT2D eigenvalue weighted by Crippen LogP contribution is -2.68. The predicted molar refractivity (Wildman–Crippen MR) is 161 cm³/mol. The number of hydrogen-bond donors (Lipinski definition) is 1. The summed E-state index contributed by atoms with van der Waals surface area (Å²) in [6.45, 7) is 0.354. The molecule has 4 aromatic carbocycles. The van der Waals surface area contributed by atoms with Gasteiger partial charge in [-0.3, -0.25) is 19.3 Å². The van der Waals surface area contributed by atoms with Gasteiger partial charge in [0.2, 0.25) is 11.8 Å². The summed E-state index contributed by atoms with van der Waals surface area (Å²) < 4.78 is 5.37. The van der Waals surface area contributed by atoms with Crippen molar-refractivity contribution in [2.75, 3.05) is 30.9 Å². The summed E-state index contributed by atoms with van der Waals surface area (Å²) in [6, 6.07) is 33.2. The van der Waals surface area contributed by atoms with Gasteiger partial charge in [0.05, 0.1) is 25.0 Å². The Morgan fingerprint density at radius 3 is 2.17 bits per heavy atom. The molecule has 0 aromatic heterocycles. The SMILES string of the molecule is COc1ccc(N2C(=O)[C@@H](c3ccccc3)[C@H]2[C@@H]2[C@@H](C(=O)c3ccccc3)[C@]3(CN2C)C(=O)Nc2ccccc23)cc1. The fraction of sp³-hybridized carbons (Fsp3) is 0.229. The van der Waals surface area contributed by atoms with E-state index >= 15 is 0 Å². The maximum absolute atomic E-state index is 14.7. The normalized spacial score (nSPS) is 26.6. The molecule has 7 heteroatoms. The number of para-hydroxylation sites is 1. The van der Waals surface area contributed by atoms with Gasteiger partial charge in [-0.05, 0) is 48.5 Å². The monoisotopic (exact) mass is 557 g/mol. The second-order valence-corrected chi connectivity index (χ2v) is 11.4. The maximum Gasteiger partial charge on any atom is 0.237 e. The smallest absolute Gasteiger partial charge is 0.237 e.